The first-order valence-electron chi connectivity index (χ1n) is 3.24. The summed E-state index contributed by atoms with van der Waals surface area (Å²) in [6, 6.07) is 0.452. The van der Waals surface area contributed by atoms with Crippen LogP contribution in [0.1, 0.15) is 12.6 Å². The smallest absolute Gasteiger partial charge is 0.116 e. The first-order chi connectivity index (χ1) is 4.86. The Labute approximate surface area is 63.6 Å². The summed E-state index contributed by atoms with van der Waals surface area (Å²) in [5, 5.41) is 4.50. The normalized spacial score (nSPS) is 21.9. The highest BCUT2D eigenvalue weighted by molar-refractivity contribution is 7.14. The van der Waals surface area contributed by atoms with Gasteiger partial charge in [0.1, 0.15) is 5.00 Å². The molecule has 0 saturated heterocycles. The Bertz CT molecular complexity index is 264. The second-order valence-electron chi connectivity index (χ2n) is 2.36. The standard InChI is InChI=1S/C7H8N2S/c1-5-2-3-6-7(9-5)10-4-8-6/h2-5,9H,1H3. The number of thiazole rings is 1. The Hall–Kier alpha value is -0.830. The highest BCUT2D eigenvalue weighted by Gasteiger charge is 2.09. The van der Waals surface area contributed by atoms with E-state index in [2.05, 4.69) is 29.4 Å². The van der Waals surface area contributed by atoms with E-state index in [4.69, 9.17) is 0 Å². The molecule has 0 radical (unpaired) electrons. The van der Waals surface area contributed by atoms with Crippen molar-refractivity contribution in [3.63, 3.8) is 0 Å². The van der Waals surface area contributed by atoms with Crippen LogP contribution in [0.2, 0.25) is 0 Å². The zero-order valence-electron chi connectivity index (χ0n) is 5.66. The van der Waals surface area contributed by atoms with E-state index in [9.17, 15) is 0 Å². The van der Waals surface area contributed by atoms with Gasteiger partial charge in [0.25, 0.3) is 0 Å². The van der Waals surface area contributed by atoms with Crippen LogP contribution in [-0.4, -0.2) is 11.0 Å². The number of anilines is 1. The van der Waals surface area contributed by atoms with E-state index in [1.807, 2.05) is 5.51 Å². The topological polar surface area (TPSA) is 24.9 Å². The van der Waals surface area contributed by atoms with Gasteiger partial charge in [-0.1, -0.05) is 6.08 Å². The molecule has 52 valence electrons. The molecule has 3 heteroatoms. The number of fused-ring (bicyclic) bond motifs is 1. The van der Waals surface area contributed by atoms with E-state index in [0.29, 0.717) is 6.04 Å². The number of nitrogens with one attached hydrogen (secondary N) is 1. The fourth-order valence-electron chi connectivity index (χ4n) is 0.972. The molecule has 0 bridgehead atoms. The maximum Gasteiger partial charge on any atom is 0.116 e. The molecule has 10 heavy (non-hydrogen) atoms. The predicted molar refractivity (Wildman–Crippen MR) is 44.2 cm³/mol. The molecule has 1 aromatic rings. The van der Waals surface area contributed by atoms with Gasteiger partial charge in [-0.15, -0.1) is 11.3 Å². The molecule has 1 aromatic heterocycles. The van der Waals surface area contributed by atoms with Gasteiger partial charge in [0.05, 0.1) is 11.2 Å². The van der Waals surface area contributed by atoms with E-state index < -0.39 is 0 Å². The van der Waals surface area contributed by atoms with Crippen molar-refractivity contribution in [1.29, 1.82) is 0 Å². The van der Waals surface area contributed by atoms with Crippen molar-refractivity contribution in [1.82, 2.24) is 4.98 Å². The largest absolute Gasteiger partial charge is 0.369 e. The van der Waals surface area contributed by atoms with Crippen molar-refractivity contribution < 1.29 is 0 Å². The van der Waals surface area contributed by atoms with Gasteiger partial charge in [-0.05, 0) is 13.0 Å². The monoisotopic (exact) mass is 152 g/mol. The Morgan fingerprint density at radius 2 is 2.60 bits per heavy atom. The van der Waals surface area contributed by atoms with Crippen LogP contribution >= 0.6 is 11.3 Å². The Balaban J connectivity index is 2.43. The maximum absolute atomic E-state index is 4.16. The third kappa shape index (κ3) is 0.827. The van der Waals surface area contributed by atoms with Crippen LogP contribution in [0.5, 0.6) is 0 Å². The lowest BCUT2D eigenvalue weighted by Crippen LogP contribution is -2.14. The molecule has 0 amide bonds. The van der Waals surface area contributed by atoms with Gasteiger partial charge in [0.15, 0.2) is 0 Å². The molecule has 1 aliphatic heterocycles. The molecule has 1 N–H and O–H groups in total. The van der Waals surface area contributed by atoms with Crippen LogP contribution in [0.4, 0.5) is 5.00 Å². The molecule has 2 rings (SSSR count). The van der Waals surface area contributed by atoms with Crippen LogP contribution in [-0.2, 0) is 0 Å². The lowest BCUT2D eigenvalue weighted by molar-refractivity contribution is 0.996. The Kier molecular flexibility index (Phi) is 1.24. The van der Waals surface area contributed by atoms with Gasteiger partial charge >= 0.3 is 0 Å². The zero-order valence-corrected chi connectivity index (χ0v) is 6.48. The van der Waals surface area contributed by atoms with Crippen molar-refractivity contribution in [2.75, 3.05) is 5.32 Å². The molecule has 0 aromatic carbocycles. The van der Waals surface area contributed by atoms with E-state index in [-0.39, 0.29) is 0 Å². The molecule has 1 atom stereocenters. The summed E-state index contributed by atoms with van der Waals surface area (Å²) in [5.41, 5.74) is 2.93. The predicted octanol–water partition coefficient (Wildman–Crippen LogP) is 1.97. The third-order valence-corrected chi connectivity index (χ3v) is 2.27. The van der Waals surface area contributed by atoms with Crippen molar-refractivity contribution in [3.05, 3.63) is 17.3 Å². The highest BCUT2D eigenvalue weighted by atomic mass is 32.1. The van der Waals surface area contributed by atoms with Crippen LogP contribution in [0.3, 0.4) is 0 Å². The molecular formula is C7H8N2S. The van der Waals surface area contributed by atoms with Gasteiger partial charge < -0.3 is 5.32 Å². The second kappa shape index (κ2) is 2.09. The van der Waals surface area contributed by atoms with Crippen LogP contribution in [0.15, 0.2) is 11.6 Å². The van der Waals surface area contributed by atoms with Gasteiger partial charge in [-0.3, -0.25) is 0 Å². The SMILES string of the molecule is CC1C=Cc2ncsc2N1. The highest BCUT2D eigenvalue weighted by Crippen LogP contribution is 2.25. The van der Waals surface area contributed by atoms with Crippen molar-refractivity contribution in [2.45, 2.75) is 13.0 Å². The summed E-state index contributed by atoms with van der Waals surface area (Å²) < 4.78 is 0. The number of rotatable bonds is 0. The van der Waals surface area contributed by atoms with E-state index in [1.165, 1.54) is 5.00 Å². The first-order valence-corrected chi connectivity index (χ1v) is 4.12. The molecular weight excluding hydrogens is 144 g/mol. The summed E-state index contributed by atoms with van der Waals surface area (Å²) in [6.45, 7) is 2.12. The Morgan fingerprint density at radius 3 is 3.50 bits per heavy atom. The summed E-state index contributed by atoms with van der Waals surface area (Å²) in [6.07, 6.45) is 4.18. The molecule has 1 aliphatic rings. The van der Waals surface area contributed by atoms with Crippen LogP contribution in [0, 0.1) is 0 Å². The van der Waals surface area contributed by atoms with E-state index in [1.54, 1.807) is 11.3 Å². The van der Waals surface area contributed by atoms with Gasteiger partial charge in [-0.25, -0.2) is 4.98 Å². The lowest BCUT2D eigenvalue weighted by atomic mass is 10.2. The molecule has 2 heterocycles. The van der Waals surface area contributed by atoms with Gasteiger partial charge in [0.2, 0.25) is 0 Å². The minimum atomic E-state index is 0.452. The fraction of sp³-hybridized carbons (Fsp3) is 0.286. The van der Waals surface area contributed by atoms with Crippen LogP contribution in [0.25, 0.3) is 6.08 Å². The summed E-state index contributed by atoms with van der Waals surface area (Å²) in [7, 11) is 0. The number of hydrogen-bond acceptors (Lipinski definition) is 3. The van der Waals surface area contributed by atoms with Gasteiger partial charge in [0, 0.05) is 6.04 Å². The summed E-state index contributed by atoms with van der Waals surface area (Å²) in [4.78, 5) is 4.16. The molecule has 0 spiro atoms. The lowest BCUT2D eigenvalue weighted by Gasteiger charge is -2.13. The van der Waals surface area contributed by atoms with E-state index in [0.717, 1.165) is 5.69 Å². The number of nitrogens with zero attached hydrogens (tertiary/aromatic N) is 1. The average molecular weight is 152 g/mol. The van der Waals surface area contributed by atoms with Crippen LogP contribution < -0.4 is 5.32 Å². The molecule has 1 unspecified atom stereocenters. The number of aromatic nitrogens is 1. The van der Waals surface area contributed by atoms with Crippen molar-refractivity contribution in [3.8, 4) is 0 Å². The summed E-state index contributed by atoms with van der Waals surface area (Å²) in [5.74, 6) is 0. The third-order valence-electron chi connectivity index (χ3n) is 1.50. The average Bonchev–Trinajstić information content (AvgIpc) is 2.33. The maximum atomic E-state index is 4.16. The number of hydrogen-bond donors (Lipinski definition) is 1. The van der Waals surface area contributed by atoms with Crippen molar-refractivity contribution in [2.24, 2.45) is 0 Å². The molecule has 2 nitrogen and oxygen atoms in total. The molecule has 0 fully saturated rings. The van der Waals surface area contributed by atoms with Crippen molar-refractivity contribution >= 4 is 22.4 Å². The Morgan fingerprint density at radius 1 is 1.70 bits per heavy atom. The van der Waals surface area contributed by atoms with E-state index >= 15 is 0 Å². The minimum absolute atomic E-state index is 0.452. The first kappa shape index (κ1) is 5.92. The van der Waals surface area contributed by atoms with Gasteiger partial charge in [-0.2, -0.15) is 0 Å². The second-order valence-corrected chi connectivity index (χ2v) is 3.21. The molecule has 0 aliphatic carbocycles. The summed E-state index contributed by atoms with van der Waals surface area (Å²) >= 11 is 1.66. The minimum Gasteiger partial charge on any atom is -0.369 e. The molecule has 0 saturated carbocycles. The zero-order chi connectivity index (χ0) is 6.97. The quantitative estimate of drug-likeness (QED) is 0.614. The fourth-order valence-corrected chi connectivity index (χ4v) is 1.74.